The van der Waals surface area contributed by atoms with Gasteiger partial charge in [-0.15, -0.1) is 0 Å². The molecule has 0 aliphatic carbocycles. The number of rotatable bonds is 6. The Labute approximate surface area is 212 Å². The van der Waals surface area contributed by atoms with Gasteiger partial charge in [0.1, 0.15) is 5.75 Å². The maximum Gasteiger partial charge on any atom is 0.275 e. The van der Waals surface area contributed by atoms with Crippen molar-refractivity contribution in [3.63, 3.8) is 0 Å². The molecule has 1 aliphatic heterocycles. The number of carbonyl (C=O) groups is 2. The molecule has 1 fully saturated rings. The largest absolute Gasteiger partial charge is 0.484 e. The van der Waals surface area contributed by atoms with Crippen LogP contribution in [0.25, 0.3) is 0 Å². The predicted molar refractivity (Wildman–Crippen MR) is 133 cm³/mol. The zero-order chi connectivity index (χ0) is 25.1. The molecule has 0 atom stereocenters. The molecule has 184 valence electrons. The number of carbonyl (C=O) groups excluding carboxylic acids is 2. The van der Waals surface area contributed by atoms with Crippen LogP contribution in [0.5, 0.6) is 5.75 Å². The second-order valence-electron chi connectivity index (χ2n) is 8.47. The minimum atomic E-state index is -0.556. The normalized spacial score (nSPS) is 14.1. The molecule has 7 nitrogen and oxygen atoms in total. The Bertz CT molecular complexity index is 1240. The van der Waals surface area contributed by atoms with Crippen molar-refractivity contribution in [1.29, 1.82) is 0 Å². The van der Waals surface area contributed by atoms with Crippen LogP contribution >= 0.6 is 23.2 Å². The quantitative estimate of drug-likeness (QED) is 0.485. The van der Waals surface area contributed by atoms with E-state index >= 15 is 0 Å². The number of aromatic nitrogens is 2. The van der Waals surface area contributed by atoms with Gasteiger partial charge in [0.25, 0.3) is 11.8 Å². The zero-order valence-corrected chi connectivity index (χ0v) is 20.9. The van der Waals surface area contributed by atoms with Gasteiger partial charge in [0.2, 0.25) is 0 Å². The monoisotopic (exact) mass is 518 g/mol. The molecule has 0 radical (unpaired) electrons. The van der Waals surface area contributed by atoms with Crippen LogP contribution in [0, 0.1) is 12.7 Å². The summed E-state index contributed by atoms with van der Waals surface area (Å²) in [7, 11) is 1.58. The number of amides is 2. The van der Waals surface area contributed by atoms with Crippen LogP contribution in [0.1, 0.15) is 40.5 Å². The number of ether oxygens (including phenoxy) is 1. The topological polar surface area (TPSA) is 76.5 Å². The van der Waals surface area contributed by atoms with E-state index in [0.717, 1.165) is 18.4 Å². The van der Waals surface area contributed by atoms with Crippen LogP contribution in [-0.2, 0) is 11.8 Å². The molecule has 1 aliphatic rings. The first kappa shape index (κ1) is 25.0. The second-order valence-corrected chi connectivity index (χ2v) is 9.29. The van der Waals surface area contributed by atoms with Gasteiger partial charge in [0.05, 0.1) is 15.7 Å². The molecule has 0 unspecified atom stereocenters. The standard InChI is InChI=1S/C25H25Cl2FN4O3/c1-15-23(28)24(31(2)30-15)25(34)32-11-9-17(10-12-32)16-3-5-18(6-4-16)29-22(33)14-35-19-7-8-20(26)21(27)13-19/h3-8,13,17H,9-12,14H2,1-2H3,(H,29,33). The van der Waals surface area contributed by atoms with Gasteiger partial charge in [-0.2, -0.15) is 5.10 Å². The number of likely N-dealkylation sites (tertiary alicyclic amines) is 1. The average molecular weight is 519 g/mol. The minimum Gasteiger partial charge on any atom is -0.484 e. The summed E-state index contributed by atoms with van der Waals surface area (Å²) in [6, 6.07) is 12.4. The molecule has 0 saturated carbocycles. The number of nitrogens with zero attached hydrogens (tertiary/aromatic N) is 3. The highest BCUT2D eigenvalue weighted by molar-refractivity contribution is 6.42. The molecule has 1 N–H and O–H groups in total. The fourth-order valence-electron chi connectivity index (χ4n) is 4.18. The highest BCUT2D eigenvalue weighted by Gasteiger charge is 2.29. The molecule has 1 saturated heterocycles. The molecule has 0 bridgehead atoms. The highest BCUT2D eigenvalue weighted by Crippen LogP contribution is 2.30. The van der Waals surface area contributed by atoms with E-state index in [1.165, 1.54) is 4.68 Å². The first-order valence-corrected chi connectivity index (χ1v) is 11.9. The fraction of sp³-hybridized carbons (Fsp3) is 0.320. The Morgan fingerprint density at radius 3 is 2.40 bits per heavy atom. The van der Waals surface area contributed by atoms with Crippen molar-refractivity contribution in [2.45, 2.75) is 25.7 Å². The average Bonchev–Trinajstić information content (AvgIpc) is 3.11. The Hall–Kier alpha value is -3.10. The van der Waals surface area contributed by atoms with E-state index < -0.39 is 5.82 Å². The van der Waals surface area contributed by atoms with Crippen LogP contribution in [-0.4, -0.2) is 46.2 Å². The summed E-state index contributed by atoms with van der Waals surface area (Å²) in [5.41, 5.74) is 2.01. The lowest BCUT2D eigenvalue weighted by Gasteiger charge is -2.32. The molecular weight excluding hydrogens is 494 g/mol. The van der Waals surface area contributed by atoms with Gasteiger partial charge in [-0.05, 0) is 55.5 Å². The summed E-state index contributed by atoms with van der Waals surface area (Å²) < 4.78 is 21.0. The van der Waals surface area contributed by atoms with Crippen molar-refractivity contribution >= 4 is 40.7 Å². The molecule has 2 amide bonds. The van der Waals surface area contributed by atoms with E-state index in [0.29, 0.717) is 34.6 Å². The Balaban J connectivity index is 1.28. The van der Waals surface area contributed by atoms with Crippen molar-refractivity contribution in [3.8, 4) is 5.75 Å². The van der Waals surface area contributed by atoms with E-state index in [-0.39, 0.29) is 35.7 Å². The Kier molecular flexibility index (Phi) is 7.62. The molecule has 2 heterocycles. The molecule has 4 rings (SSSR count). The van der Waals surface area contributed by atoms with E-state index in [2.05, 4.69) is 10.4 Å². The molecule has 0 spiro atoms. The molecular formula is C25H25Cl2FN4O3. The number of anilines is 1. The third-order valence-corrected chi connectivity index (χ3v) is 6.80. The third kappa shape index (κ3) is 5.77. The molecule has 2 aromatic carbocycles. The Morgan fingerprint density at radius 1 is 1.11 bits per heavy atom. The van der Waals surface area contributed by atoms with Crippen LogP contribution in [0.4, 0.5) is 10.1 Å². The van der Waals surface area contributed by atoms with Crippen LogP contribution in [0.3, 0.4) is 0 Å². The third-order valence-electron chi connectivity index (χ3n) is 6.06. The summed E-state index contributed by atoms with van der Waals surface area (Å²) >= 11 is 11.8. The molecule has 10 heteroatoms. The number of aryl methyl sites for hydroxylation is 2. The van der Waals surface area contributed by atoms with E-state index in [4.69, 9.17) is 27.9 Å². The molecule has 3 aromatic rings. The van der Waals surface area contributed by atoms with Crippen molar-refractivity contribution in [1.82, 2.24) is 14.7 Å². The number of piperidine rings is 1. The minimum absolute atomic E-state index is 0.00387. The van der Waals surface area contributed by atoms with Gasteiger partial charge in [-0.3, -0.25) is 14.3 Å². The molecule has 35 heavy (non-hydrogen) atoms. The second kappa shape index (κ2) is 10.7. The summed E-state index contributed by atoms with van der Waals surface area (Å²) in [6.45, 7) is 2.46. The predicted octanol–water partition coefficient (Wildman–Crippen LogP) is 5.21. The van der Waals surface area contributed by atoms with Crippen molar-refractivity contribution in [3.05, 3.63) is 75.3 Å². The van der Waals surface area contributed by atoms with Crippen LogP contribution in [0.15, 0.2) is 42.5 Å². The lowest BCUT2D eigenvalue weighted by atomic mass is 9.89. The van der Waals surface area contributed by atoms with Crippen LogP contribution < -0.4 is 10.1 Å². The number of hydrogen-bond donors (Lipinski definition) is 1. The van der Waals surface area contributed by atoms with Gasteiger partial charge in [0.15, 0.2) is 18.1 Å². The lowest BCUT2D eigenvalue weighted by molar-refractivity contribution is -0.118. The Morgan fingerprint density at radius 2 is 1.80 bits per heavy atom. The maximum absolute atomic E-state index is 14.3. The van der Waals surface area contributed by atoms with Gasteiger partial charge >= 0.3 is 0 Å². The maximum atomic E-state index is 14.3. The first-order chi connectivity index (χ1) is 16.7. The van der Waals surface area contributed by atoms with E-state index in [9.17, 15) is 14.0 Å². The van der Waals surface area contributed by atoms with Crippen LogP contribution in [0.2, 0.25) is 10.0 Å². The summed E-state index contributed by atoms with van der Waals surface area (Å²) in [6.07, 6.45) is 1.54. The lowest BCUT2D eigenvalue weighted by Crippen LogP contribution is -2.39. The van der Waals surface area contributed by atoms with E-state index in [1.807, 2.05) is 24.3 Å². The van der Waals surface area contributed by atoms with Crippen molar-refractivity contribution < 1.29 is 18.7 Å². The summed E-state index contributed by atoms with van der Waals surface area (Å²) in [5.74, 6) is -0.450. The van der Waals surface area contributed by atoms with Gasteiger partial charge in [-0.1, -0.05) is 35.3 Å². The van der Waals surface area contributed by atoms with Gasteiger partial charge in [-0.25, -0.2) is 4.39 Å². The SMILES string of the molecule is Cc1nn(C)c(C(=O)N2CCC(c3ccc(NC(=O)COc4ccc(Cl)c(Cl)c4)cc3)CC2)c1F. The number of nitrogens with one attached hydrogen (secondary N) is 1. The number of halogens is 3. The van der Waals surface area contributed by atoms with E-state index in [1.54, 1.807) is 37.1 Å². The number of hydrogen-bond acceptors (Lipinski definition) is 4. The smallest absolute Gasteiger partial charge is 0.275 e. The highest BCUT2D eigenvalue weighted by atomic mass is 35.5. The van der Waals surface area contributed by atoms with Crippen molar-refractivity contribution in [2.24, 2.45) is 7.05 Å². The van der Waals surface area contributed by atoms with Crippen molar-refractivity contribution in [2.75, 3.05) is 25.0 Å². The first-order valence-electron chi connectivity index (χ1n) is 11.2. The summed E-state index contributed by atoms with van der Waals surface area (Å²) in [4.78, 5) is 26.7. The number of benzene rings is 2. The van der Waals surface area contributed by atoms with Gasteiger partial charge < -0.3 is 15.0 Å². The van der Waals surface area contributed by atoms with Gasteiger partial charge in [0, 0.05) is 31.9 Å². The fourth-order valence-corrected chi connectivity index (χ4v) is 4.47. The zero-order valence-electron chi connectivity index (χ0n) is 19.4. The summed E-state index contributed by atoms with van der Waals surface area (Å²) in [5, 5.41) is 7.57. The molecule has 1 aromatic heterocycles.